The number of halogens is 1. The van der Waals surface area contributed by atoms with E-state index in [0.29, 0.717) is 11.6 Å². The number of nitrogens with one attached hydrogen (secondary N) is 1. The van der Waals surface area contributed by atoms with E-state index < -0.39 is 0 Å². The van der Waals surface area contributed by atoms with Crippen molar-refractivity contribution >= 4 is 11.6 Å². The number of ether oxygens (including phenoxy) is 2. The zero-order valence-corrected chi connectivity index (χ0v) is 11.2. The second kappa shape index (κ2) is 6.66. The molecule has 1 aliphatic rings. The van der Waals surface area contributed by atoms with Gasteiger partial charge < -0.3 is 14.8 Å². The summed E-state index contributed by atoms with van der Waals surface area (Å²) in [7, 11) is 1.93. The maximum Gasteiger partial charge on any atom is 0.120 e. The van der Waals surface area contributed by atoms with Gasteiger partial charge >= 0.3 is 0 Å². The van der Waals surface area contributed by atoms with Crippen LogP contribution in [0.4, 0.5) is 0 Å². The van der Waals surface area contributed by atoms with Crippen LogP contribution in [0.15, 0.2) is 36.1 Å². The smallest absolute Gasteiger partial charge is 0.120 e. The van der Waals surface area contributed by atoms with Crippen molar-refractivity contribution < 1.29 is 9.47 Å². The number of hydrogen-bond donors (Lipinski definition) is 1. The van der Waals surface area contributed by atoms with Gasteiger partial charge in [-0.1, -0.05) is 17.7 Å². The summed E-state index contributed by atoms with van der Waals surface area (Å²) in [5.41, 5.74) is 1.26. The predicted octanol–water partition coefficient (Wildman–Crippen LogP) is 3.00. The van der Waals surface area contributed by atoms with Crippen molar-refractivity contribution in [1.29, 1.82) is 0 Å². The van der Waals surface area contributed by atoms with Crippen molar-refractivity contribution in [3.05, 3.63) is 41.1 Å². The molecule has 1 unspecified atom stereocenters. The first-order chi connectivity index (χ1) is 8.79. The van der Waals surface area contributed by atoms with Crippen LogP contribution in [-0.4, -0.2) is 26.3 Å². The molecular weight excluding hydrogens is 250 g/mol. The van der Waals surface area contributed by atoms with E-state index in [9.17, 15) is 0 Å². The Morgan fingerprint density at radius 1 is 1.50 bits per heavy atom. The van der Waals surface area contributed by atoms with Crippen molar-refractivity contribution in [2.24, 2.45) is 0 Å². The molecule has 0 amide bonds. The Hall–Kier alpha value is -1.19. The predicted molar refractivity (Wildman–Crippen MR) is 73.1 cm³/mol. The van der Waals surface area contributed by atoms with E-state index >= 15 is 0 Å². The normalized spacial score (nSPS) is 16.7. The van der Waals surface area contributed by atoms with Gasteiger partial charge in [0, 0.05) is 5.02 Å². The average molecular weight is 268 g/mol. The minimum atomic E-state index is 0.185. The molecular formula is C14H18ClNO2. The van der Waals surface area contributed by atoms with Crippen LogP contribution in [0, 0.1) is 0 Å². The van der Waals surface area contributed by atoms with Gasteiger partial charge in [-0.05, 0) is 43.7 Å². The molecule has 1 aliphatic heterocycles. The molecule has 0 aliphatic carbocycles. The lowest BCUT2D eigenvalue weighted by Crippen LogP contribution is -2.34. The van der Waals surface area contributed by atoms with Gasteiger partial charge in [-0.2, -0.15) is 0 Å². The first-order valence-corrected chi connectivity index (χ1v) is 6.53. The molecule has 0 aromatic heterocycles. The van der Waals surface area contributed by atoms with Crippen molar-refractivity contribution in [2.45, 2.75) is 18.9 Å². The standard InChI is InChI=1S/C14H18ClNO2/c1-16-14(11-4-3-7-17-9-11)10-18-13-6-2-5-12(15)8-13/h2,5-6,8-9,14,16H,3-4,7,10H2,1H3. The molecule has 0 spiro atoms. The molecule has 1 N–H and O–H groups in total. The quantitative estimate of drug-likeness (QED) is 0.890. The van der Waals surface area contributed by atoms with Gasteiger partial charge in [-0.3, -0.25) is 0 Å². The van der Waals surface area contributed by atoms with Gasteiger partial charge in [0.25, 0.3) is 0 Å². The second-order valence-electron chi connectivity index (χ2n) is 4.28. The summed E-state index contributed by atoms with van der Waals surface area (Å²) in [5.74, 6) is 0.792. The van der Waals surface area contributed by atoms with Crippen molar-refractivity contribution in [3.63, 3.8) is 0 Å². The highest BCUT2D eigenvalue weighted by Gasteiger charge is 2.16. The Kier molecular flexibility index (Phi) is 4.90. The lowest BCUT2D eigenvalue weighted by molar-refractivity contribution is 0.210. The minimum absolute atomic E-state index is 0.185. The van der Waals surface area contributed by atoms with E-state index in [-0.39, 0.29) is 6.04 Å². The zero-order valence-electron chi connectivity index (χ0n) is 10.5. The van der Waals surface area contributed by atoms with Crippen LogP contribution in [0.5, 0.6) is 5.75 Å². The molecule has 2 rings (SSSR count). The van der Waals surface area contributed by atoms with Crippen LogP contribution < -0.4 is 10.1 Å². The number of hydrogen-bond acceptors (Lipinski definition) is 3. The van der Waals surface area contributed by atoms with Gasteiger partial charge in [-0.25, -0.2) is 0 Å². The number of benzene rings is 1. The Labute approximate surface area is 113 Å². The molecule has 0 saturated carbocycles. The van der Waals surface area contributed by atoms with Crippen LogP contribution >= 0.6 is 11.6 Å². The highest BCUT2D eigenvalue weighted by molar-refractivity contribution is 6.30. The van der Waals surface area contributed by atoms with Crippen LogP contribution in [0.2, 0.25) is 5.02 Å². The molecule has 0 saturated heterocycles. The Morgan fingerprint density at radius 2 is 2.39 bits per heavy atom. The fourth-order valence-electron chi connectivity index (χ4n) is 1.95. The molecule has 98 valence electrons. The maximum absolute atomic E-state index is 5.92. The van der Waals surface area contributed by atoms with Gasteiger partial charge in [0.05, 0.1) is 18.9 Å². The van der Waals surface area contributed by atoms with E-state index in [1.54, 1.807) is 0 Å². The van der Waals surface area contributed by atoms with Crippen molar-refractivity contribution in [3.8, 4) is 5.75 Å². The van der Waals surface area contributed by atoms with Crippen molar-refractivity contribution in [1.82, 2.24) is 5.32 Å². The van der Waals surface area contributed by atoms with Gasteiger partial charge in [0.2, 0.25) is 0 Å². The van der Waals surface area contributed by atoms with Crippen molar-refractivity contribution in [2.75, 3.05) is 20.3 Å². The lowest BCUT2D eigenvalue weighted by Gasteiger charge is -2.23. The Morgan fingerprint density at radius 3 is 3.06 bits per heavy atom. The summed E-state index contributed by atoms with van der Waals surface area (Å²) < 4.78 is 11.1. The van der Waals surface area contributed by atoms with E-state index in [1.807, 2.05) is 37.6 Å². The molecule has 0 bridgehead atoms. The van der Waals surface area contributed by atoms with Crippen LogP contribution in [0.25, 0.3) is 0 Å². The van der Waals surface area contributed by atoms with E-state index in [4.69, 9.17) is 21.1 Å². The van der Waals surface area contributed by atoms with Crippen LogP contribution in [0.1, 0.15) is 12.8 Å². The van der Waals surface area contributed by atoms with Gasteiger partial charge in [-0.15, -0.1) is 0 Å². The SMILES string of the molecule is CNC(COc1cccc(Cl)c1)C1=COCCC1. The third kappa shape index (κ3) is 3.65. The summed E-state index contributed by atoms with van der Waals surface area (Å²) in [5, 5.41) is 3.94. The number of rotatable bonds is 5. The van der Waals surface area contributed by atoms with Gasteiger partial charge in [0.15, 0.2) is 0 Å². The van der Waals surface area contributed by atoms with E-state index in [0.717, 1.165) is 25.2 Å². The molecule has 3 nitrogen and oxygen atoms in total. The zero-order chi connectivity index (χ0) is 12.8. The van der Waals surface area contributed by atoms with Crippen LogP contribution in [-0.2, 0) is 4.74 Å². The highest BCUT2D eigenvalue weighted by Crippen LogP contribution is 2.19. The second-order valence-corrected chi connectivity index (χ2v) is 4.71. The maximum atomic E-state index is 5.92. The largest absolute Gasteiger partial charge is 0.501 e. The molecule has 18 heavy (non-hydrogen) atoms. The van der Waals surface area contributed by atoms with Gasteiger partial charge in [0.1, 0.15) is 12.4 Å². The first-order valence-electron chi connectivity index (χ1n) is 6.16. The average Bonchev–Trinajstić information content (AvgIpc) is 2.41. The van der Waals surface area contributed by atoms with Crippen LogP contribution in [0.3, 0.4) is 0 Å². The molecule has 0 radical (unpaired) electrons. The molecule has 1 heterocycles. The van der Waals surface area contributed by atoms with E-state index in [1.165, 1.54) is 5.57 Å². The topological polar surface area (TPSA) is 30.5 Å². The highest BCUT2D eigenvalue weighted by atomic mass is 35.5. The molecule has 1 aromatic carbocycles. The molecule has 1 aromatic rings. The summed E-state index contributed by atoms with van der Waals surface area (Å²) in [6, 6.07) is 7.63. The lowest BCUT2D eigenvalue weighted by atomic mass is 10.0. The number of likely N-dealkylation sites (N-methyl/N-ethyl adjacent to an activating group) is 1. The third-order valence-electron chi connectivity index (χ3n) is 2.97. The Balaban J connectivity index is 1.92. The third-order valence-corrected chi connectivity index (χ3v) is 3.21. The van der Waals surface area contributed by atoms with E-state index in [2.05, 4.69) is 5.32 Å². The summed E-state index contributed by atoms with van der Waals surface area (Å²) in [6.45, 7) is 1.39. The summed E-state index contributed by atoms with van der Waals surface area (Å²) >= 11 is 5.92. The Bertz CT molecular complexity index is 420. The summed E-state index contributed by atoms with van der Waals surface area (Å²) in [6.07, 6.45) is 3.98. The monoisotopic (exact) mass is 267 g/mol. The fraction of sp³-hybridized carbons (Fsp3) is 0.429. The minimum Gasteiger partial charge on any atom is -0.501 e. The molecule has 1 atom stereocenters. The molecule has 0 fully saturated rings. The first kappa shape index (κ1) is 13.2. The summed E-state index contributed by atoms with van der Waals surface area (Å²) in [4.78, 5) is 0. The molecule has 4 heteroatoms. The fourth-order valence-corrected chi connectivity index (χ4v) is 2.13.